The molecule has 2 fully saturated rings. The highest BCUT2D eigenvalue weighted by Crippen LogP contribution is 2.36. The van der Waals surface area contributed by atoms with E-state index in [0.717, 1.165) is 55.2 Å². The fourth-order valence-electron chi connectivity index (χ4n) is 5.81. The van der Waals surface area contributed by atoms with Crippen molar-refractivity contribution >= 4 is 29.3 Å². The van der Waals surface area contributed by atoms with E-state index in [1.165, 1.54) is 6.07 Å². The first-order valence-electron chi connectivity index (χ1n) is 14.2. The Balaban J connectivity index is 1.47. The van der Waals surface area contributed by atoms with E-state index in [0.29, 0.717) is 38.3 Å². The van der Waals surface area contributed by atoms with Crippen LogP contribution in [-0.4, -0.2) is 35.2 Å². The molecule has 6 nitrogen and oxygen atoms in total. The Kier molecular flexibility index (Phi) is 10.0. The summed E-state index contributed by atoms with van der Waals surface area (Å²) in [5.41, 5.74) is 8.36. The lowest BCUT2D eigenvalue weighted by Gasteiger charge is -2.33. The van der Waals surface area contributed by atoms with Crippen LogP contribution in [0.2, 0.25) is 5.02 Å². The Hall–Kier alpha value is -2.93. The van der Waals surface area contributed by atoms with Crippen molar-refractivity contribution in [1.29, 1.82) is 0 Å². The van der Waals surface area contributed by atoms with Gasteiger partial charge >= 0.3 is 0 Å². The average Bonchev–Trinajstić information content (AvgIpc) is 3.05. The minimum absolute atomic E-state index is 0.0623. The van der Waals surface area contributed by atoms with Crippen LogP contribution in [0.3, 0.4) is 0 Å². The monoisotopic (exact) mass is 555 g/mol. The topological polar surface area (TPSA) is 92.5 Å². The van der Waals surface area contributed by atoms with Gasteiger partial charge in [-0.25, -0.2) is 4.39 Å². The lowest BCUT2D eigenvalue weighted by molar-refractivity contribution is -0.139. The smallest absolute Gasteiger partial charge is 0.245 e. The summed E-state index contributed by atoms with van der Waals surface area (Å²) in [7, 11) is 0. The van der Waals surface area contributed by atoms with E-state index in [1.807, 2.05) is 31.2 Å². The zero-order valence-electron chi connectivity index (χ0n) is 22.6. The molecule has 1 saturated carbocycles. The van der Waals surface area contributed by atoms with Crippen LogP contribution in [0.4, 0.5) is 4.39 Å². The summed E-state index contributed by atoms with van der Waals surface area (Å²) in [5, 5.41) is 3.09. The molecule has 2 unspecified atom stereocenters. The Bertz CT molecular complexity index is 1190. The van der Waals surface area contributed by atoms with E-state index < -0.39 is 29.6 Å². The molecule has 2 aromatic carbocycles. The first-order valence-corrected chi connectivity index (χ1v) is 14.6. The van der Waals surface area contributed by atoms with Gasteiger partial charge in [0.05, 0.1) is 5.02 Å². The second-order valence-corrected chi connectivity index (χ2v) is 11.5. The van der Waals surface area contributed by atoms with E-state index in [-0.39, 0.29) is 16.8 Å². The largest absolute Gasteiger partial charge is 0.369 e. The van der Waals surface area contributed by atoms with Gasteiger partial charge in [0.1, 0.15) is 11.9 Å². The van der Waals surface area contributed by atoms with E-state index in [1.54, 1.807) is 17.0 Å². The number of nitrogens with one attached hydrogen (secondary N) is 1. The van der Waals surface area contributed by atoms with Crippen molar-refractivity contribution in [3.8, 4) is 11.1 Å². The maximum atomic E-state index is 13.6. The second kappa shape index (κ2) is 13.4. The number of hydrogen-bond acceptors (Lipinski definition) is 3. The number of rotatable bonds is 11. The zero-order chi connectivity index (χ0) is 27.9. The van der Waals surface area contributed by atoms with Gasteiger partial charge in [-0.2, -0.15) is 0 Å². The van der Waals surface area contributed by atoms with Gasteiger partial charge < -0.3 is 16.0 Å². The molecular formula is C31H39ClFN3O3. The summed E-state index contributed by atoms with van der Waals surface area (Å²) in [6, 6.07) is 11.8. The number of benzene rings is 2. The van der Waals surface area contributed by atoms with E-state index in [2.05, 4.69) is 5.32 Å². The molecule has 4 rings (SSSR count). The highest BCUT2D eigenvalue weighted by atomic mass is 35.5. The van der Waals surface area contributed by atoms with Crippen LogP contribution in [0.1, 0.15) is 70.3 Å². The summed E-state index contributed by atoms with van der Waals surface area (Å²) in [6.45, 7) is 2.99. The average molecular weight is 556 g/mol. The lowest BCUT2D eigenvalue weighted by Crippen LogP contribution is -2.51. The number of nitrogens with zero attached hydrogens (tertiary/aromatic N) is 1. The third-order valence-corrected chi connectivity index (χ3v) is 8.54. The summed E-state index contributed by atoms with van der Waals surface area (Å²) >= 11 is 5.98. The van der Waals surface area contributed by atoms with Gasteiger partial charge in [-0.05, 0) is 72.9 Å². The highest BCUT2D eigenvalue weighted by molar-refractivity contribution is 6.31. The Morgan fingerprint density at radius 1 is 1.08 bits per heavy atom. The first-order chi connectivity index (χ1) is 18.8. The van der Waals surface area contributed by atoms with Crippen LogP contribution < -0.4 is 11.1 Å². The fraction of sp³-hybridized carbons (Fsp3) is 0.516. The molecule has 210 valence electrons. The van der Waals surface area contributed by atoms with Gasteiger partial charge in [0.15, 0.2) is 0 Å². The SMILES string of the molecule is CCCC(C(N)=O)C(CC1CCC1)C(=O)N[C@H]1CCCCN(Cc2cccc(-c3ccc(F)c(Cl)c3)c2)C1=O. The van der Waals surface area contributed by atoms with Crippen molar-refractivity contribution < 1.29 is 18.8 Å². The normalized spacial score (nSPS) is 19.6. The number of carbonyl (C=O) groups is 3. The van der Waals surface area contributed by atoms with Crippen molar-refractivity contribution in [2.24, 2.45) is 23.5 Å². The van der Waals surface area contributed by atoms with Crippen molar-refractivity contribution in [2.75, 3.05) is 6.54 Å². The van der Waals surface area contributed by atoms with Crippen molar-refractivity contribution in [3.05, 3.63) is 58.9 Å². The number of hydrogen-bond donors (Lipinski definition) is 2. The number of primary amides is 1. The van der Waals surface area contributed by atoms with Gasteiger partial charge in [-0.1, -0.05) is 68.5 Å². The minimum atomic E-state index is -0.627. The van der Waals surface area contributed by atoms with Gasteiger partial charge in [0.2, 0.25) is 17.7 Å². The number of nitrogens with two attached hydrogens (primary N) is 1. The molecule has 39 heavy (non-hydrogen) atoms. The Morgan fingerprint density at radius 2 is 1.85 bits per heavy atom. The van der Waals surface area contributed by atoms with Crippen molar-refractivity contribution in [2.45, 2.75) is 77.3 Å². The molecule has 1 heterocycles. The van der Waals surface area contributed by atoms with Crippen molar-refractivity contribution in [1.82, 2.24) is 10.2 Å². The maximum absolute atomic E-state index is 13.6. The minimum Gasteiger partial charge on any atom is -0.369 e. The highest BCUT2D eigenvalue weighted by Gasteiger charge is 2.37. The summed E-state index contributed by atoms with van der Waals surface area (Å²) in [5.74, 6) is -1.83. The quantitative estimate of drug-likeness (QED) is 0.364. The van der Waals surface area contributed by atoms with Crippen LogP contribution in [0.15, 0.2) is 42.5 Å². The molecule has 2 aromatic rings. The maximum Gasteiger partial charge on any atom is 0.245 e. The van der Waals surface area contributed by atoms with E-state index in [4.69, 9.17) is 17.3 Å². The molecule has 0 radical (unpaired) electrons. The predicted molar refractivity (Wildman–Crippen MR) is 151 cm³/mol. The van der Waals surface area contributed by atoms with E-state index >= 15 is 0 Å². The zero-order valence-corrected chi connectivity index (χ0v) is 23.4. The van der Waals surface area contributed by atoms with Crippen molar-refractivity contribution in [3.63, 3.8) is 0 Å². The van der Waals surface area contributed by atoms with Crippen LogP contribution in [0, 0.1) is 23.6 Å². The molecule has 3 amide bonds. The molecule has 0 bridgehead atoms. The number of halogens is 2. The second-order valence-electron chi connectivity index (χ2n) is 11.1. The number of likely N-dealkylation sites (tertiary alicyclic amines) is 1. The van der Waals surface area contributed by atoms with Gasteiger partial charge in [-0.3, -0.25) is 14.4 Å². The molecule has 1 aliphatic heterocycles. The fourth-order valence-corrected chi connectivity index (χ4v) is 6.00. The first kappa shape index (κ1) is 29.1. The van der Waals surface area contributed by atoms with Crippen LogP contribution >= 0.6 is 11.6 Å². The van der Waals surface area contributed by atoms with Gasteiger partial charge in [-0.15, -0.1) is 0 Å². The molecule has 0 aromatic heterocycles. The molecule has 2 aliphatic rings. The van der Waals surface area contributed by atoms with Crippen LogP contribution in [0.5, 0.6) is 0 Å². The molecule has 8 heteroatoms. The predicted octanol–water partition coefficient (Wildman–Crippen LogP) is 5.85. The summed E-state index contributed by atoms with van der Waals surface area (Å²) in [6.07, 6.45) is 7.51. The third kappa shape index (κ3) is 7.38. The molecule has 3 N–H and O–H groups in total. The Labute approximate surface area is 235 Å². The molecular weight excluding hydrogens is 517 g/mol. The summed E-state index contributed by atoms with van der Waals surface area (Å²) in [4.78, 5) is 41.3. The third-order valence-electron chi connectivity index (χ3n) is 8.25. The van der Waals surface area contributed by atoms with Gasteiger partial charge in [0, 0.05) is 24.9 Å². The molecule has 1 aliphatic carbocycles. The number of amides is 3. The Morgan fingerprint density at radius 3 is 2.51 bits per heavy atom. The summed E-state index contributed by atoms with van der Waals surface area (Å²) < 4.78 is 13.6. The van der Waals surface area contributed by atoms with Crippen LogP contribution in [-0.2, 0) is 20.9 Å². The van der Waals surface area contributed by atoms with E-state index in [9.17, 15) is 18.8 Å². The van der Waals surface area contributed by atoms with Gasteiger partial charge in [0.25, 0.3) is 0 Å². The molecule has 3 atom stereocenters. The van der Waals surface area contributed by atoms with Crippen LogP contribution in [0.25, 0.3) is 11.1 Å². The molecule has 1 saturated heterocycles. The molecule has 0 spiro atoms. The lowest BCUT2D eigenvalue weighted by atomic mass is 9.74. The standard InChI is InChI=1S/C31H39ClFN3O3/c1-2-7-24(29(34)37)25(17-20-8-5-9-20)30(38)35-28-12-3-4-15-36(31(28)39)19-21-10-6-11-22(16-21)23-13-14-27(33)26(32)18-23/h6,10-11,13-14,16,18,20,24-25,28H,2-5,7-9,12,15,17,19H2,1H3,(H2,34,37)(H,35,38)/t24?,25?,28-/m0/s1. The number of carbonyl (C=O) groups excluding carboxylic acids is 3.